The van der Waals surface area contributed by atoms with E-state index in [4.69, 9.17) is 5.73 Å². The summed E-state index contributed by atoms with van der Waals surface area (Å²) >= 11 is 0. The summed E-state index contributed by atoms with van der Waals surface area (Å²) in [6.45, 7) is 5.65. The van der Waals surface area contributed by atoms with Crippen LogP contribution in [0.5, 0.6) is 0 Å². The van der Waals surface area contributed by atoms with E-state index in [-0.39, 0.29) is 5.54 Å². The van der Waals surface area contributed by atoms with Gasteiger partial charge in [0.2, 0.25) is 0 Å². The maximum Gasteiger partial charge on any atom is 0.0344 e. The summed E-state index contributed by atoms with van der Waals surface area (Å²) in [7, 11) is 4.59. The molecule has 0 radical (unpaired) electrons. The lowest BCUT2D eigenvalue weighted by atomic mass is 9.82. The van der Waals surface area contributed by atoms with Crippen molar-refractivity contribution in [1.82, 2.24) is 9.80 Å². The highest BCUT2D eigenvalue weighted by Crippen LogP contribution is 2.34. The summed E-state index contributed by atoms with van der Waals surface area (Å²) in [6, 6.07) is 0.767. The number of likely N-dealkylation sites (N-methyl/N-ethyl adjacent to an activating group) is 1. The summed E-state index contributed by atoms with van der Waals surface area (Å²) in [5, 5.41) is 0. The van der Waals surface area contributed by atoms with Crippen LogP contribution in [0.3, 0.4) is 0 Å². The fourth-order valence-electron chi connectivity index (χ4n) is 4.03. The lowest BCUT2D eigenvalue weighted by Gasteiger charge is -2.47. The van der Waals surface area contributed by atoms with Gasteiger partial charge in [0.25, 0.3) is 0 Å². The molecule has 0 aromatic rings. The summed E-state index contributed by atoms with van der Waals surface area (Å²) in [4.78, 5) is 5.15. The van der Waals surface area contributed by atoms with Crippen molar-refractivity contribution in [2.45, 2.75) is 63.5 Å². The molecule has 1 saturated heterocycles. The molecule has 2 rings (SSSR count). The van der Waals surface area contributed by atoms with Crippen molar-refractivity contribution < 1.29 is 0 Å². The Kier molecular flexibility index (Phi) is 5.27. The topological polar surface area (TPSA) is 32.5 Å². The Morgan fingerprint density at radius 2 is 1.84 bits per heavy atom. The average molecular weight is 267 g/mol. The van der Waals surface area contributed by atoms with Gasteiger partial charge in [-0.1, -0.05) is 6.92 Å². The van der Waals surface area contributed by atoms with Gasteiger partial charge in [-0.15, -0.1) is 0 Å². The third-order valence-electron chi connectivity index (χ3n) is 5.80. The SMILES string of the molecule is CC1CCC(N(C)C2(CN)CCCN(C)CC2)CC1. The fraction of sp³-hybridized carbons (Fsp3) is 1.00. The minimum Gasteiger partial charge on any atom is -0.329 e. The molecule has 2 N–H and O–H groups in total. The van der Waals surface area contributed by atoms with Crippen LogP contribution in [0.25, 0.3) is 0 Å². The van der Waals surface area contributed by atoms with Gasteiger partial charge < -0.3 is 10.6 Å². The van der Waals surface area contributed by atoms with E-state index in [1.807, 2.05) is 0 Å². The fourth-order valence-corrected chi connectivity index (χ4v) is 4.03. The Hall–Kier alpha value is -0.120. The highest BCUT2D eigenvalue weighted by atomic mass is 15.2. The predicted octanol–water partition coefficient (Wildman–Crippen LogP) is 2.31. The van der Waals surface area contributed by atoms with Crippen molar-refractivity contribution in [1.29, 1.82) is 0 Å². The zero-order chi connectivity index (χ0) is 13.9. The van der Waals surface area contributed by atoms with Crippen LogP contribution >= 0.6 is 0 Å². The Morgan fingerprint density at radius 3 is 2.47 bits per heavy atom. The summed E-state index contributed by atoms with van der Waals surface area (Å²) in [5.41, 5.74) is 6.49. The van der Waals surface area contributed by atoms with Crippen LogP contribution in [0.4, 0.5) is 0 Å². The zero-order valence-corrected chi connectivity index (χ0v) is 13.2. The van der Waals surface area contributed by atoms with Gasteiger partial charge in [-0.3, -0.25) is 4.90 Å². The second kappa shape index (κ2) is 6.55. The first-order chi connectivity index (χ1) is 9.07. The minimum absolute atomic E-state index is 0.260. The quantitative estimate of drug-likeness (QED) is 0.852. The molecule has 112 valence electrons. The predicted molar refractivity (Wildman–Crippen MR) is 82.3 cm³/mol. The molecule has 2 fully saturated rings. The lowest BCUT2D eigenvalue weighted by Crippen LogP contribution is -2.56. The van der Waals surface area contributed by atoms with Gasteiger partial charge in [0.15, 0.2) is 0 Å². The van der Waals surface area contributed by atoms with E-state index in [1.54, 1.807) is 0 Å². The molecule has 2 aliphatic rings. The molecular weight excluding hydrogens is 234 g/mol. The first-order valence-electron chi connectivity index (χ1n) is 8.19. The molecular formula is C16H33N3. The molecule has 3 heteroatoms. The van der Waals surface area contributed by atoms with Crippen molar-refractivity contribution in [2.75, 3.05) is 33.7 Å². The van der Waals surface area contributed by atoms with Gasteiger partial charge in [-0.2, -0.15) is 0 Å². The van der Waals surface area contributed by atoms with E-state index in [1.165, 1.54) is 58.0 Å². The minimum atomic E-state index is 0.260. The van der Waals surface area contributed by atoms with Gasteiger partial charge in [-0.25, -0.2) is 0 Å². The third kappa shape index (κ3) is 3.50. The van der Waals surface area contributed by atoms with Gasteiger partial charge in [0.05, 0.1) is 0 Å². The molecule has 0 aromatic heterocycles. The Labute approximate surface area is 119 Å². The van der Waals surface area contributed by atoms with Crippen LogP contribution in [0, 0.1) is 5.92 Å². The molecule has 1 heterocycles. The average Bonchev–Trinajstić information content (AvgIpc) is 2.61. The highest BCUT2D eigenvalue weighted by molar-refractivity contribution is 4.96. The number of likely N-dealkylation sites (tertiary alicyclic amines) is 1. The van der Waals surface area contributed by atoms with E-state index in [0.29, 0.717) is 0 Å². The molecule has 3 nitrogen and oxygen atoms in total. The molecule has 0 aromatic carbocycles. The molecule has 0 amide bonds. The molecule has 1 aliphatic carbocycles. The van der Waals surface area contributed by atoms with Crippen molar-refractivity contribution in [3.05, 3.63) is 0 Å². The Morgan fingerprint density at radius 1 is 1.16 bits per heavy atom. The first-order valence-corrected chi connectivity index (χ1v) is 8.19. The highest BCUT2D eigenvalue weighted by Gasteiger charge is 2.38. The first kappa shape index (κ1) is 15.3. The maximum atomic E-state index is 6.23. The summed E-state index contributed by atoms with van der Waals surface area (Å²) in [5.74, 6) is 0.929. The molecule has 1 saturated carbocycles. The van der Waals surface area contributed by atoms with E-state index in [2.05, 4.69) is 30.8 Å². The standard InChI is InChI=1S/C16H33N3/c1-14-5-7-15(8-6-14)19(3)16(13-17)9-4-11-18(2)12-10-16/h14-15H,4-13,17H2,1-3H3. The third-order valence-corrected chi connectivity index (χ3v) is 5.80. The van der Waals surface area contributed by atoms with Crippen molar-refractivity contribution in [2.24, 2.45) is 11.7 Å². The molecule has 1 unspecified atom stereocenters. The number of nitrogens with zero attached hydrogens (tertiary/aromatic N) is 2. The van der Waals surface area contributed by atoms with Crippen LogP contribution in [0.15, 0.2) is 0 Å². The van der Waals surface area contributed by atoms with Gasteiger partial charge in [0.1, 0.15) is 0 Å². The molecule has 19 heavy (non-hydrogen) atoms. The molecule has 0 spiro atoms. The largest absolute Gasteiger partial charge is 0.329 e. The number of hydrogen-bond acceptors (Lipinski definition) is 3. The zero-order valence-electron chi connectivity index (χ0n) is 13.2. The van der Waals surface area contributed by atoms with E-state index in [9.17, 15) is 0 Å². The molecule has 1 atom stereocenters. The van der Waals surface area contributed by atoms with Gasteiger partial charge in [-0.05, 0) is 78.0 Å². The van der Waals surface area contributed by atoms with Gasteiger partial charge in [0, 0.05) is 18.1 Å². The monoisotopic (exact) mass is 267 g/mol. The molecule has 1 aliphatic heterocycles. The van der Waals surface area contributed by atoms with E-state index in [0.717, 1.165) is 18.5 Å². The smallest absolute Gasteiger partial charge is 0.0344 e. The van der Waals surface area contributed by atoms with E-state index >= 15 is 0 Å². The van der Waals surface area contributed by atoms with Crippen LogP contribution in [0.2, 0.25) is 0 Å². The summed E-state index contributed by atoms with van der Waals surface area (Å²) < 4.78 is 0. The van der Waals surface area contributed by atoms with Gasteiger partial charge >= 0.3 is 0 Å². The Balaban J connectivity index is 2.02. The van der Waals surface area contributed by atoms with Crippen molar-refractivity contribution in [3.63, 3.8) is 0 Å². The lowest BCUT2D eigenvalue weighted by molar-refractivity contribution is 0.0395. The van der Waals surface area contributed by atoms with Crippen LogP contribution in [-0.2, 0) is 0 Å². The van der Waals surface area contributed by atoms with Crippen LogP contribution in [0.1, 0.15) is 51.9 Å². The van der Waals surface area contributed by atoms with E-state index < -0.39 is 0 Å². The number of rotatable bonds is 3. The molecule has 0 bridgehead atoms. The second-order valence-electron chi connectivity index (χ2n) is 7.11. The van der Waals surface area contributed by atoms with Crippen LogP contribution < -0.4 is 5.73 Å². The van der Waals surface area contributed by atoms with Crippen LogP contribution in [-0.4, -0.2) is 55.1 Å². The maximum absolute atomic E-state index is 6.23. The Bertz CT molecular complexity index is 273. The number of nitrogens with two attached hydrogens (primary N) is 1. The summed E-state index contributed by atoms with van der Waals surface area (Å²) in [6.07, 6.45) is 9.34. The normalized spacial score (nSPS) is 38.4. The second-order valence-corrected chi connectivity index (χ2v) is 7.11. The number of hydrogen-bond donors (Lipinski definition) is 1. The van der Waals surface area contributed by atoms with Crippen molar-refractivity contribution >= 4 is 0 Å². The van der Waals surface area contributed by atoms with Crippen molar-refractivity contribution in [3.8, 4) is 0 Å².